The highest BCUT2D eigenvalue weighted by molar-refractivity contribution is 9.10. The van der Waals surface area contributed by atoms with Crippen molar-refractivity contribution in [2.75, 3.05) is 0 Å². The monoisotopic (exact) mass is 382 g/mol. The number of aryl methyl sites for hydroxylation is 2. The van der Waals surface area contributed by atoms with Gasteiger partial charge in [-0.25, -0.2) is 9.97 Å². The Hall–Kier alpha value is -2.34. The predicted molar refractivity (Wildman–Crippen MR) is 94.0 cm³/mol. The molecule has 0 saturated carbocycles. The van der Waals surface area contributed by atoms with E-state index in [1.165, 1.54) is 0 Å². The highest BCUT2D eigenvalue weighted by Gasteiger charge is 2.22. The van der Waals surface area contributed by atoms with Gasteiger partial charge in [0.1, 0.15) is 10.3 Å². The van der Waals surface area contributed by atoms with E-state index in [4.69, 9.17) is 4.74 Å². The van der Waals surface area contributed by atoms with Crippen molar-refractivity contribution < 1.29 is 4.74 Å². The quantitative estimate of drug-likeness (QED) is 0.632. The van der Waals surface area contributed by atoms with Crippen LogP contribution in [0.25, 0.3) is 11.5 Å². The van der Waals surface area contributed by atoms with Gasteiger partial charge in [-0.1, -0.05) is 6.07 Å². The summed E-state index contributed by atoms with van der Waals surface area (Å²) in [5.41, 5.74) is 3.81. The lowest BCUT2D eigenvalue weighted by atomic mass is 10.2. The van der Waals surface area contributed by atoms with E-state index >= 15 is 0 Å². The van der Waals surface area contributed by atoms with Crippen LogP contribution in [0.5, 0.6) is 11.6 Å². The third-order valence-corrected chi connectivity index (χ3v) is 4.52. The second kappa shape index (κ2) is 6.28. The van der Waals surface area contributed by atoms with Crippen molar-refractivity contribution >= 4 is 15.9 Å². The molecule has 0 aromatic carbocycles. The number of pyridine rings is 2. The minimum atomic E-state index is 0.599. The van der Waals surface area contributed by atoms with E-state index in [1.807, 2.05) is 37.3 Å². The highest BCUT2D eigenvalue weighted by atomic mass is 79.9. The van der Waals surface area contributed by atoms with Crippen LogP contribution in [-0.2, 0) is 12.8 Å². The smallest absolute Gasteiger partial charge is 0.226 e. The van der Waals surface area contributed by atoms with E-state index in [0.717, 1.165) is 41.9 Å². The minimum Gasteiger partial charge on any atom is -0.436 e. The third kappa shape index (κ3) is 2.89. The van der Waals surface area contributed by atoms with Crippen LogP contribution in [0, 0.1) is 6.92 Å². The van der Waals surface area contributed by atoms with Crippen LogP contribution in [0.1, 0.15) is 23.4 Å². The van der Waals surface area contributed by atoms with E-state index in [1.54, 1.807) is 6.20 Å². The second-order valence-corrected chi connectivity index (χ2v) is 6.44. The maximum Gasteiger partial charge on any atom is 0.226 e. The molecule has 1 aliphatic carbocycles. The molecule has 0 unspecified atom stereocenters. The van der Waals surface area contributed by atoms with E-state index in [9.17, 15) is 0 Å². The first-order chi connectivity index (χ1) is 11.7. The normalized spacial score (nSPS) is 12.9. The molecule has 0 saturated heterocycles. The topological polar surface area (TPSA) is 60.8 Å². The van der Waals surface area contributed by atoms with Gasteiger partial charge in [-0.05, 0) is 66.4 Å². The Morgan fingerprint density at radius 2 is 1.96 bits per heavy atom. The summed E-state index contributed by atoms with van der Waals surface area (Å²) < 4.78 is 6.75. The number of nitrogens with zero attached hydrogens (tertiary/aromatic N) is 4. The third-order valence-electron chi connectivity index (χ3n) is 3.95. The first-order valence-electron chi connectivity index (χ1n) is 7.83. The number of fused-ring (bicyclic) bond motifs is 1. The molecule has 0 aliphatic heterocycles. The molecule has 0 bridgehead atoms. The van der Waals surface area contributed by atoms with Crippen molar-refractivity contribution in [2.24, 2.45) is 0 Å². The fourth-order valence-electron chi connectivity index (χ4n) is 2.78. The van der Waals surface area contributed by atoms with Crippen LogP contribution in [-0.4, -0.2) is 19.9 Å². The molecule has 0 radical (unpaired) electrons. The lowest BCUT2D eigenvalue weighted by molar-refractivity contribution is 0.450. The Bertz CT molecular complexity index is 899. The van der Waals surface area contributed by atoms with Crippen LogP contribution in [0.2, 0.25) is 0 Å². The van der Waals surface area contributed by atoms with Crippen LogP contribution in [0.4, 0.5) is 0 Å². The van der Waals surface area contributed by atoms with Crippen molar-refractivity contribution in [1.82, 2.24) is 19.9 Å². The van der Waals surface area contributed by atoms with Gasteiger partial charge in [0.15, 0.2) is 11.6 Å². The average molecular weight is 383 g/mol. The number of hydrogen-bond acceptors (Lipinski definition) is 5. The molecule has 1 aliphatic rings. The van der Waals surface area contributed by atoms with E-state index in [2.05, 4.69) is 35.9 Å². The molecular formula is C18H15BrN4O. The zero-order valence-electron chi connectivity index (χ0n) is 13.2. The van der Waals surface area contributed by atoms with Crippen LogP contribution < -0.4 is 4.74 Å². The number of ether oxygens (including phenoxy) is 1. The number of halogens is 1. The molecule has 120 valence electrons. The van der Waals surface area contributed by atoms with E-state index < -0.39 is 0 Å². The maximum atomic E-state index is 6.08. The van der Waals surface area contributed by atoms with Crippen molar-refractivity contribution in [3.63, 3.8) is 0 Å². The van der Waals surface area contributed by atoms with Gasteiger partial charge in [0.05, 0.1) is 5.69 Å². The van der Waals surface area contributed by atoms with Crippen LogP contribution in [0.3, 0.4) is 0 Å². The van der Waals surface area contributed by atoms with E-state index in [0.29, 0.717) is 22.1 Å². The molecule has 0 amide bonds. The van der Waals surface area contributed by atoms with Gasteiger partial charge in [0, 0.05) is 17.5 Å². The van der Waals surface area contributed by atoms with Crippen molar-refractivity contribution in [3.8, 4) is 23.1 Å². The first kappa shape index (κ1) is 15.2. The molecule has 3 heterocycles. The van der Waals surface area contributed by atoms with Gasteiger partial charge in [0.2, 0.25) is 5.88 Å². The Balaban J connectivity index is 1.78. The molecule has 0 fully saturated rings. The van der Waals surface area contributed by atoms with Gasteiger partial charge in [-0.3, -0.25) is 4.98 Å². The molecule has 4 rings (SSSR count). The number of rotatable bonds is 3. The highest BCUT2D eigenvalue weighted by Crippen LogP contribution is 2.35. The average Bonchev–Trinajstić information content (AvgIpc) is 3.07. The second-order valence-electron chi connectivity index (χ2n) is 5.69. The Morgan fingerprint density at radius 3 is 2.75 bits per heavy atom. The fourth-order valence-corrected chi connectivity index (χ4v) is 3.28. The Labute approximate surface area is 148 Å². The SMILES string of the molecule is Cc1ccc(Oc2nc(-c3ccccn3)nc3c2CCC3)c(Br)n1. The first-order valence-corrected chi connectivity index (χ1v) is 8.62. The minimum absolute atomic E-state index is 0.599. The summed E-state index contributed by atoms with van der Waals surface area (Å²) in [5, 5.41) is 0. The molecule has 0 N–H and O–H groups in total. The molecular weight excluding hydrogens is 368 g/mol. The van der Waals surface area contributed by atoms with Crippen LogP contribution in [0.15, 0.2) is 41.1 Å². The zero-order valence-corrected chi connectivity index (χ0v) is 14.7. The van der Waals surface area contributed by atoms with Gasteiger partial charge in [-0.15, -0.1) is 0 Å². The summed E-state index contributed by atoms with van der Waals surface area (Å²) in [6, 6.07) is 9.53. The molecule has 3 aromatic heterocycles. The van der Waals surface area contributed by atoms with Gasteiger partial charge in [-0.2, -0.15) is 4.98 Å². The lowest BCUT2D eigenvalue weighted by Gasteiger charge is -2.12. The standard InChI is InChI=1S/C18H15BrN4O/c1-11-8-9-15(16(19)21-11)24-18-12-5-4-7-13(12)22-17(23-18)14-6-2-3-10-20-14/h2-3,6,8-10H,4-5,7H2,1H3. The summed E-state index contributed by atoms with van der Waals surface area (Å²) in [6.45, 7) is 1.94. The summed E-state index contributed by atoms with van der Waals surface area (Å²) >= 11 is 3.46. The zero-order chi connectivity index (χ0) is 16.5. The fraction of sp³-hybridized carbons (Fsp3) is 0.222. The summed E-state index contributed by atoms with van der Waals surface area (Å²) in [6.07, 6.45) is 4.69. The van der Waals surface area contributed by atoms with Crippen molar-refractivity contribution in [3.05, 3.63) is 58.1 Å². The maximum absolute atomic E-state index is 6.08. The lowest BCUT2D eigenvalue weighted by Crippen LogP contribution is -2.02. The van der Waals surface area contributed by atoms with E-state index in [-0.39, 0.29) is 0 Å². The molecule has 3 aromatic rings. The Kier molecular flexibility index (Phi) is 3.98. The molecule has 0 spiro atoms. The Morgan fingerprint density at radius 1 is 1.04 bits per heavy atom. The number of hydrogen-bond donors (Lipinski definition) is 0. The van der Waals surface area contributed by atoms with Gasteiger partial charge >= 0.3 is 0 Å². The van der Waals surface area contributed by atoms with Gasteiger partial charge < -0.3 is 4.74 Å². The number of aromatic nitrogens is 4. The molecule has 24 heavy (non-hydrogen) atoms. The summed E-state index contributed by atoms with van der Waals surface area (Å²) in [7, 11) is 0. The molecule has 5 nitrogen and oxygen atoms in total. The van der Waals surface area contributed by atoms with Crippen molar-refractivity contribution in [1.29, 1.82) is 0 Å². The van der Waals surface area contributed by atoms with Crippen LogP contribution >= 0.6 is 15.9 Å². The molecule has 0 atom stereocenters. The van der Waals surface area contributed by atoms with Gasteiger partial charge in [0.25, 0.3) is 0 Å². The largest absolute Gasteiger partial charge is 0.436 e. The summed E-state index contributed by atoms with van der Waals surface area (Å²) in [4.78, 5) is 18.0. The predicted octanol–water partition coefficient (Wildman–Crippen LogP) is 4.29. The summed E-state index contributed by atoms with van der Waals surface area (Å²) in [5.74, 6) is 1.85. The van der Waals surface area contributed by atoms with Crippen molar-refractivity contribution in [2.45, 2.75) is 26.2 Å². The molecule has 6 heteroatoms.